The minimum atomic E-state index is -0.135. The average molecular weight is 603 g/mol. The summed E-state index contributed by atoms with van der Waals surface area (Å²) in [6, 6.07) is 52.1. The van der Waals surface area contributed by atoms with Gasteiger partial charge in [-0.15, -0.1) is 0 Å². The molecule has 1 heterocycles. The number of nitrogens with zero attached hydrogens (tertiary/aromatic N) is 4. The molecule has 8 rings (SSSR count). The highest BCUT2D eigenvalue weighted by Crippen LogP contribution is 2.50. The first kappa shape index (κ1) is 28.3. The van der Waals surface area contributed by atoms with Crippen LogP contribution in [0.1, 0.15) is 30.5 Å². The maximum Gasteiger partial charge on any atom is 0.164 e. The molecule has 0 bridgehead atoms. The van der Waals surface area contributed by atoms with E-state index >= 15 is 0 Å². The second-order valence-corrected chi connectivity index (χ2v) is 12.4. The van der Waals surface area contributed by atoms with E-state index in [1.54, 1.807) is 0 Å². The van der Waals surface area contributed by atoms with Gasteiger partial charge in [-0.05, 0) is 68.8 Å². The Bertz CT molecular complexity index is 2330. The average Bonchev–Trinajstić information content (AvgIpc) is 3.37. The van der Waals surface area contributed by atoms with Crippen molar-refractivity contribution >= 4 is 0 Å². The van der Waals surface area contributed by atoms with Gasteiger partial charge in [-0.1, -0.05) is 135 Å². The van der Waals surface area contributed by atoms with Crippen LogP contribution >= 0.6 is 0 Å². The Balaban J connectivity index is 1.26. The fourth-order valence-electron chi connectivity index (χ4n) is 6.75. The molecule has 0 spiro atoms. The van der Waals surface area contributed by atoms with Crippen molar-refractivity contribution in [3.05, 3.63) is 162 Å². The van der Waals surface area contributed by atoms with E-state index in [2.05, 4.69) is 92.7 Å². The summed E-state index contributed by atoms with van der Waals surface area (Å²) < 4.78 is 0. The summed E-state index contributed by atoms with van der Waals surface area (Å²) in [6.07, 6.45) is 0. The zero-order valence-corrected chi connectivity index (χ0v) is 26.1. The zero-order valence-electron chi connectivity index (χ0n) is 26.1. The van der Waals surface area contributed by atoms with E-state index in [4.69, 9.17) is 15.0 Å². The number of rotatable bonds is 5. The van der Waals surface area contributed by atoms with E-state index < -0.39 is 0 Å². The van der Waals surface area contributed by atoms with Gasteiger partial charge in [0.1, 0.15) is 0 Å². The van der Waals surface area contributed by atoms with E-state index in [0.717, 1.165) is 44.5 Å². The Morgan fingerprint density at radius 3 is 1.68 bits per heavy atom. The van der Waals surface area contributed by atoms with Crippen LogP contribution in [0.2, 0.25) is 0 Å². The molecule has 6 aromatic carbocycles. The third-order valence-electron chi connectivity index (χ3n) is 9.18. The standard InChI is InChI=1S/C43H30N4/c1-43(2)38-22-20-28(27-44)24-36(38)37-26-32(21-23-39(37)43)31-16-11-17-33(25-31)41-45-40(30-14-7-4-8-15-30)46-42(47-41)35-19-10-9-18-34(35)29-12-5-3-6-13-29/h3-26H,1-2H3. The second kappa shape index (κ2) is 11.3. The molecule has 47 heavy (non-hydrogen) atoms. The molecule has 222 valence electrons. The highest BCUT2D eigenvalue weighted by molar-refractivity contribution is 5.86. The lowest BCUT2D eigenvalue weighted by molar-refractivity contribution is 0.660. The normalized spacial score (nSPS) is 12.6. The molecule has 0 radical (unpaired) electrons. The lowest BCUT2D eigenvalue weighted by atomic mass is 9.82. The number of benzene rings is 6. The molecular formula is C43H30N4. The molecular weight excluding hydrogens is 573 g/mol. The van der Waals surface area contributed by atoms with Crippen molar-refractivity contribution in [2.75, 3.05) is 0 Å². The molecule has 0 N–H and O–H groups in total. The van der Waals surface area contributed by atoms with Crippen LogP contribution in [0.3, 0.4) is 0 Å². The van der Waals surface area contributed by atoms with Crippen LogP contribution in [0, 0.1) is 11.3 Å². The van der Waals surface area contributed by atoms with Crippen molar-refractivity contribution in [3.63, 3.8) is 0 Å². The molecule has 0 saturated heterocycles. The predicted octanol–water partition coefficient (Wildman–Crippen LogP) is 10.4. The number of fused-ring (bicyclic) bond motifs is 3. The maximum atomic E-state index is 9.61. The van der Waals surface area contributed by atoms with E-state index in [-0.39, 0.29) is 5.41 Å². The van der Waals surface area contributed by atoms with Crippen molar-refractivity contribution in [1.82, 2.24) is 15.0 Å². The maximum absolute atomic E-state index is 9.61. The lowest BCUT2D eigenvalue weighted by Gasteiger charge is -2.21. The third kappa shape index (κ3) is 4.99. The summed E-state index contributed by atoms with van der Waals surface area (Å²) in [4.78, 5) is 15.1. The Morgan fingerprint density at radius 2 is 0.957 bits per heavy atom. The molecule has 0 unspecified atom stereocenters. The Morgan fingerprint density at radius 1 is 0.426 bits per heavy atom. The molecule has 7 aromatic rings. The van der Waals surface area contributed by atoms with Gasteiger partial charge in [0, 0.05) is 22.1 Å². The smallest absolute Gasteiger partial charge is 0.164 e. The Labute approximate surface area is 274 Å². The highest BCUT2D eigenvalue weighted by atomic mass is 15.0. The molecule has 4 heteroatoms. The van der Waals surface area contributed by atoms with Crippen molar-refractivity contribution in [2.45, 2.75) is 19.3 Å². The Hall–Kier alpha value is -6.18. The molecule has 0 aliphatic heterocycles. The minimum Gasteiger partial charge on any atom is -0.208 e. The van der Waals surface area contributed by atoms with Crippen LogP contribution in [0.4, 0.5) is 0 Å². The van der Waals surface area contributed by atoms with E-state index in [0.29, 0.717) is 23.0 Å². The SMILES string of the molecule is CC1(C)c2ccc(C#N)cc2-c2cc(-c3cccc(-c4nc(-c5ccccc5)nc(-c5ccccc5-c5ccccc5)n4)c3)ccc21. The second-order valence-electron chi connectivity index (χ2n) is 12.4. The lowest BCUT2D eigenvalue weighted by Crippen LogP contribution is -2.14. The summed E-state index contributed by atoms with van der Waals surface area (Å²) >= 11 is 0. The molecule has 4 nitrogen and oxygen atoms in total. The molecule has 1 aliphatic rings. The number of nitriles is 1. The summed E-state index contributed by atoms with van der Waals surface area (Å²) in [5, 5.41) is 9.61. The van der Waals surface area contributed by atoms with Gasteiger partial charge in [0.05, 0.1) is 11.6 Å². The summed E-state index contributed by atoms with van der Waals surface area (Å²) in [5.74, 6) is 1.87. The first-order valence-electron chi connectivity index (χ1n) is 15.8. The van der Waals surface area contributed by atoms with Crippen LogP contribution in [0.25, 0.3) is 67.5 Å². The molecule has 0 fully saturated rings. The van der Waals surface area contributed by atoms with Gasteiger partial charge < -0.3 is 0 Å². The van der Waals surface area contributed by atoms with Gasteiger partial charge in [-0.25, -0.2) is 15.0 Å². The summed E-state index contributed by atoms with van der Waals surface area (Å²) in [7, 11) is 0. The monoisotopic (exact) mass is 602 g/mol. The predicted molar refractivity (Wildman–Crippen MR) is 189 cm³/mol. The number of aromatic nitrogens is 3. The third-order valence-corrected chi connectivity index (χ3v) is 9.18. The topological polar surface area (TPSA) is 62.5 Å². The Kier molecular flexibility index (Phi) is 6.82. The van der Waals surface area contributed by atoms with E-state index in [1.165, 1.54) is 16.7 Å². The van der Waals surface area contributed by atoms with Gasteiger partial charge in [0.2, 0.25) is 0 Å². The van der Waals surface area contributed by atoms with Gasteiger partial charge >= 0.3 is 0 Å². The van der Waals surface area contributed by atoms with E-state index in [1.807, 2.05) is 72.8 Å². The minimum absolute atomic E-state index is 0.135. The summed E-state index contributed by atoms with van der Waals surface area (Å²) in [6.45, 7) is 4.51. The zero-order chi connectivity index (χ0) is 32.0. The van der Waals surface area contributed by atoms with Crippen molar-refractivity contribution in [1.29, 1.82) is 5.26 Å². The van der Waals surface area contributed by atoms with Gasteiger partial charge in [-0.3, -0.25) is 0 Å². The fraction of sp³-hybridized carbons (Fsp3) is 0.0698. The molecule has 0 amide bonds. The number of hydrogen-bond donors (Lipinski definition) is 0. The first-order chi connectivity index (χ1) is 23.0. The van der Waals surface area contributed by atoms with Crippen molar-refractivity contribution in [3.8, 4) is 73.6 Å². The van der Waals surface area contributed by atoms with Crippen LogP contribution < -0.4 is 0 Å². The van der Waals surface area contributed by atoms with Crippen LogP contribution in [-0.2, 0) is 5.41 Å². The van der Waals surface area contributed by atoms with Crippen LogP contribution in [0.15, 0.2) is 146 Å². The highest BCUT2D eigenvalue weighted by Gasteiger charge is 2.35. The van der Waals surface area contributed by atoms with E-state index in [9.17, 15) is 5.26 Å². The van der Waals surface area contributed by atoms with Gasteiger partial charge in [0.15, 0.2) is 17.5 Å². The van der Waals surface area contributed by atoms with Crippen LogP contribution in [-0.4, -0.2) is 15.0 Å². The molecule has 0 atom stereocenters. The van der Waals surface area contributed by atoms with Gasteiger partial charge in [-0.2, -0.15) is 5.26 Å². The molecule has 0 saturated carbocycles. The molecule has 1 aromatic heterocycles. The van der Waals surface area contributed by atoms with Gasteiger partial charge in [0.25, 0.3) is 0 Å². The quantitative estimate of drug-likeness (QED) is 0.197. The van der Waals surface area contributed by atoms with Crippen molar-refractivity contribution in [2.24, 2.45) is 0 Å². The first-order valence-corrected chi connectivity index (χ1v) is 15.8. The van der Waals surface area contributed by atoms with Crippen LogP contribution in [0.5, 0.6) is 0 Å². The summed E-state index contributed by atoms with van der Waals surface area (Å²) in [5.41, 5.74) is 12.5. The largest absolute Gasteiger partial charge is 0.208 e. The fourth-order valence-corrected chi connectivity index (χ4v) is 6.75. The molecule has 1 aliphatic carbocycles. The number of hydrogen-bond acceptors (Lipinski definition) is 4. The van der Waals surface area contributed by atoms with Crippen molar-refractivity contribution < 1.29 is 0 Å².